The van der Waals surface area contributed by atoms with Crippen LogP contribution in [0.15, 0.2) is 24.5 Å². The molecule has 2 atom stereocenters. The van der Waals surface area contributed by atoms with Gasteiger partial charge in [0.15, 0.2) is 0 Å². The van der Waals surface area contributed by atoms with Crippen molar-refractivity contribution < 1.29 is 14.3 Å². The van der Waals surface area contributed by atoms with Crippen molar-refractivity contribution in [3.05, 3.63) is 30.1 Å². The predicted molar refractivity (Wildman–Crippen MR) is 77.6 cm³/mol. The van der Waals surface area contributed by atoms with Crippen LogP contribution in [0.1, 0.15) is 33.8 Å². The summed E-state index contributed by atoms with van der Waals surface area (Å²) in [6, 6.07) is 3.82. The Labute approximate surface area is 120 Å². The minimum absolute atomic E-state index is 0. The fourth-order valence-electron chi connectivity index (χ4n) is 1.80. The van der Waals surface area contributed by atoms with E-state index < -0.39 is 11.7 Å². The molecule has 1 saturated heterocycles. The number of rotatable bonds is 4. The zero-order chi connectivity index (χ0) is 13.9. The number of hydrogen-bond donors (Lipinski definition) is 1. The highest BCUT2D eigenvalue weighted by Crippen LogP contribution is 2.18. The molecule has 1 fully saturated rings. The van der Waals surface area contributed by atoms with Crippen LogP contribution in [0.4, 0.5) is 4.79 Å². The molecule has 0 saturated carbocycles. The highest BCUT2D eigenvalue weighted by molar-refractivity contribution is 5.68. The summed E-state index contributed by atoms with van der Waals surface area (Å²) in [5.74, 6) is 0. The third-order valence-corrected chi connectivity index (χ3v) is 2.72. The summed E-state index contributed by atoms with van der Waals surface area (Å²) in [7, 11) is 0. The first-order chi connectivity index (χ1) is 8.94. The van der Waals surface area contributed by atoms with Gasteiger partial charge in [0, 0.05) is 12.4 Å². The first-order valence-corrected chi connectivity index (χ1v) is 6.44. The second kappa shape index (κ2) is 6.70. The minimum atomic E-state index is -0.490. The lowest BCUT2D eigenvalue weighted by molar-refractivity contribution is 0.0495. The van der Waals surface area contributed by atoms with E-state index in [0.29, 0.717) is 13.0 Å². The average Bonchev–Trinajstić information content (AvgIpc) is 3.10. The van der Waals surface area contributed by atoms with Crippen LogP contribution in [-0.2, 0) is 15.9 Å². The molecule has 1 N–H and O–H groups in total. The summed E-state index contributed by atoms with van der Waals surface area (Å²) in [6.07, 6.45) is 3.89. The number of alkyl carbamates (subject to hydrolysis) is 1. The smallest absolute Gasteiger partial charge is 0.407 e. The van der Waals surface area contributed by atoms with Gasteiger partial charge in [-0.1, -0.05) is 7.43 Å². The molecule has 1 amide bonds. The molecular formula is C15H24N2O3. The van der Waals surface area contributed by atoms with E-state index in [0.717, 1.165) is 5.56 Å². The molecule has 112 valence electrons. The monoisotopic (exact) mass is 280 g/mol. The Morgan fingerprint density at radius 1 is 1.50 bits per heavy atom. The molecule has 1 aliphatic rings. The van der Waals surface area contributed by atoms with Gasteiger partial charge in [-0.3, -0.25) is 4.98 Å². The van der Waals surface area contributed by atoms with Crippen LogP contribution in [0.25, 0.3) is 0 Å². The predicted octanol–water partition coefficient (Wildman–Crippen LogP) is 2.55. The van der Waals surface area contributed by atoms with Crippen LogP contribution in [0, 0.1) is 0 Å². The van der Waals surface area contributed by atoms with Crippen molar-refractivity contribution in [3.8, 4) is 0 Å². The van der Waals surface area contributed by atoms with Gasteiger partial charge in [-0.2, -0.15) is 0 Å². The number of amides is 1. The van der Waals surface area contributed by atoms with Crippen molar-refractivity contribution >= 4 is 6.09 Å². The summed E-state index contributed by atoms with van der Waals surface area (Å²) in [5, 5.41) is 2.88. The molecule has 2 rings (SSSR count). The van der Waals surface area contributed by atoms with Gasteiger partial charge in [0.25, 0.3) is 0 Å². The maximum Gasteiger partial charge on any atom is 0.407 e. The Morgan fingerprint density at radius 3 is 2.60 bits per heavy atom. The molecule has 2 heterocycles. The van der Waals surface area contributed by atoms with Crippen molar-refractivity contribution in [1.82, 2.24) is 10.3 Å². The second-order valence-electron chi connectivity index (χ2n) is 5.68. The number of carbonyl (C=O) groups is 1. The molecule has 1 aliphatic heterocycles. The van der Waals surface area contributed by atoms with Gasteiger partial charge in [0.05, 0.1) is 12.6 Å². The van der Waals surface area contributed by atoms with Crippen LogP contribution in [0.2, 0.25) is 0 Å². The maximum atomic E-state index is 11.8. The molecule has 0 aliphatic carbocycles. The third-order valence-electron chi connectivity index (χ3n) is 2.72. The number of ether oxygens (including phenoxy) is 2. The van der Waals surface area contributed by atoms with E-state index in [1.54, 1.807) is 12.4 Å². The molecule has 1 aromatic rings. The standard InChI is InChI=1S/C14H20N2O3.CH4/c1-14(2,3)19-13(17)16-11(12-9-18-12)8-10-4-6-15-7-5-10;/h4-7,11-12H,8-9H2,1-3H3,(H,16,17);1H4/t11-,12+;/m0./s1. The van der Waals surface area contributed by atoms with E-state index in [-0.39, 0.29) is 19.6 Å². The number of epoxide rings is 1. The van der Waals surface area contributed by atoms with Gasteiger partial charge in [-0.05, 0) is 44.9 Å². The van der Waals surface area contributed by atoms with Crippen LogP contribution in [0.3, 0.4) is 0 Å². The van der Waals surface area contributed by atoms with Crippen molar-refractivity contribution in [1.29, 1.82) is 0 Å². The normalized spacial score (nSPS) is 18.6. The van der Waals surface area contributed by atoms with E-state index in [4.69, 9.17) is 9.47 Å². The van der Waals surface area contributed by atoms with Gasteiger partial charge >= 0.3 is 6.09 Å². The maximum absolute atomic E-state index is 11.8. The lowest BCUT2D eigenvalue weighted by atomic mass is 10.1. The van der Waals surface area contributed by atoms with Gasteiger partial charge < -0.3 is 14.8 Å². The van der Waals surface area contributed by atoms with E-state index >= 15 is 0 Å². The van der Waals surface area contributed by atoms with E-state index in [2.05, 4.69) is 10.3 Å². The molecule has 0 radical (unpaired) electrons. The zero-order valence-electron chi connectivity index (χ0n) is 11.6. The number of hydrogen-bond acceptors (Lipinski definition) is 4. The summed E-state index contributed by atoms with van der Waals surface area (Å²) in [5.41, 5.74) is 0.627. The topological polar surface area (TPSA) is 63.8 Å². The van der Waals surface area contributed by atoms with Crippen LogP contribution in [0.5, 0.6) is 0 Å². The summed E-state index contributed by atoms with van der Waals surface area (Å²) in [6.45, 7) is 6.22. The van der Waals surface area contributed by atoms with Crippen LogP contribution >= 0.6 is 0 Å². The number of nitrogens with one attached hydrogen (secondary N) is 1. The lowest BCUT2D eigenvalue weighted by Crippen LogP contribution is -2.43. The van der Waals surface area contributed by atoms with Gasteiger partial charge in [-0.15, -0.1) is 0 Å². The van der Waals surface area contributed by atoms with Gasteiger partial charge in [-0.25, -0.2) is 4.79 Å². The Kier molecular flexibility index (Phi) is 5.51. The number of carbonyl (C=O) groups excluding carboxylic acids is 1. The Hall–Kier alpha value is -1.62. The molecule has 0 unspecified atom stereocenters. The Balaban J connectivity index is 0.00000200. The number of pyridine rings is 1. The quantitative estimate of drug-likeness (QED) is 0.861. The van der Waals surface area contributed by atoms with Crippen molar-refractivity contribution in [2.45, 2.75) is 52.4 Å². The van der Waals surface area contributed by atoms with E-state index in [9.17, 15) is 4.79 Å². The highest BCUT2D eigenvalue weighted by atomic mass is 16.6. The summed E-state index contributed by atoms with van der Waals surface area (Å²) < 4.78 is 10.6. The van der Waals surface area contributed by atoms with E-state index in [1.807, 2.05) is 32.9 Å². The van der Waals surface area contributed by atoms with E-state index in [1.165, 1.54) is 0 Å². The molecule has 0 aromatic carbocycles. The number of nitrogens with zero attached hydrogens (tertiary/aromatic N) is 1. The zero-order valence-corrected chi connectivity index (χ0v) is 11.6. The molecule has 5 heteroatoms. The largest absolute Gasteiger partial charge is 0.444 e. The average molecular weight is 280 g/mol. The molecule has 5 nitrogen and oxygen atoms in total. The molecule has 20 heavy (non-hydrogen) atoms. The highest BCUT2D eigenvalue weighted by Gasteiger charge is 2.34. The fraction of sp³-hybridized carbons (Fsp3) is 0.600. The van der Waals surface area contributed by atoms with Crippen molar-refractivity contribution in [2.75, 3.05) is 6.61 Å². The van der Waals surface area contributed by atoms with Crippen molar-refractivity contribution in [2.24, 2.45) is 0 Å². The Morgan fingerprint density at radius 2 is 2.10 bits per heavy atom. The van der Waals surface area contributed by atoms with Gasteiger partial charge in [0.1, 0.15) is 11.7 Å². The summed E-state index contributed by atoms with van der Waals surface area (Å²) in [4.78, 5) is 15.8. The molecule has 0 bridgehead atoms. The minimum Gasteiger partial charge on any atom is -0.444 e. The molecule has 1 aromatic heterocycles. The fourth-order valence-corrected chi connectivity index (χ4v) is 1.80. The van der Waals surface area contributed by atoms with Crippen LogP contribution in [-0.4, -0.2) is 35.4 Å². The third kappa shape index (κ3) is 5.57. The molecule has 0 spiro atoms. The lowest BCUT2D eigenvalue weighted by Gasteiger charge is -2.23. The summed E-state index contributed by atoms with van der Waals surface area (Å²) >= 11 is 0. The molecular weight excluding hydrogens is 256 g/mol. The van der Waals surface area contributed by atoms with Crippen molar-refractivity contribution in [3.63, 3.8) is 0 Å². The van der Waals surface area contributed by atoms with Gasteiger partial charge in [0.2, 0.25) is 0 Å². The Bertz CT molecular complexity index is 424. The SMILES string of the molecule is C.CC(C)(C)OC(=O)N[C@@H](Cc1ccncc1)[C@H]1CO1. The first-order valence-electron chi connectivity index (χ1n) is 6.44. The van der Waals surface area contributed by atoms with Crippen LogP contribution < -0.4 is 5.32 Å². The second-order valence-corrected chi connectivity index (χ2v) is 5.68. The number of aromatic nitrogens is 1. The first kappa shape index (κ1) is 16.4.